The Labute approximate surface area is 213 Å². The first-order chi connectivity index (χ1) is 18.0. The quantitative estimate of drug-likeness (QED) is 0.152. The zero-order valence-corrected chi connectivity index (χ0v) is 19.9. The number of nitrogens with zero attached hydrogens (tertiary/aromatic N) is 2. The zero-order valence-electron chi connectivity index (χ0n) is 19.9. The van der Waals surface area contributed by atoms with E-state index in [0.717, 1.165) is 35.2 Å². The Bertz CT molecular complexity index is 1470. The van der Waals surface area contributed by atoms with Crippen LogP contribution in [-0.4, -0.2) is 35.9 Å². The average molecular weight is 528 g/mol. The Morgan fingerprint density at radius 3 is 2.26 bits per heavy atom. The SMILES string of the molecule is COc1ccc(C2C(=C(O)c3ccc([N+](=O)[O-])cc3)C(=O)C(=O)N2c2cccc(C(F)(F)F)c2)c(OC)c1. The molecule has 0 spiro atoms. The van der Waals surface area contributed by atoms with Crippen molar-refractivity contribution in [2.45, 2.75) is 12.2 Å². The van der Waals surface area contributed by atoms with Gasteiger partial charge in [0.1, 0.15) is 17.3 Å². The molecule has 0 saturated carbocycles. The number of ketones is 1. The fourth-order valence-electron chi connectivity index (χ4n) is 4.17. The number of non-ortho nitro benzene ring substituents is 1. The van der Waals surface area contributed by atoms with Gasteiger partial charge in [-0.15, -0.1) is 0 Å². The van der Waals surface area contributed by atoms with E-state index in [0.29, 0.717) is 5.75 Å². The molecule has 1 atom stereocenters. The van der Waals surface area contributed by atoms with Gasteiger partial charge in [0.25, 0.3) is 17.4 Å². The highest BCUT2D eigenvalue weighted by Crippen LogP contribution is 2.46. The van der Waals surface area contributed by atoms with Crippen LogP contribution in [0.4, 0.5) is 24.5 Å². The molecule has 9 nitrogen and oxygen atoms in total. The molecule has 0 bridgehead atoms. The molecule has 1 aliphatic heterocycles. The van der Waals surface area contributed by atoms with Crippen molar-refractivity contribution < 1.29 is 42.3 Å². The molecule has 1 amide bonds. The number of ether oxygens (including phenoxy) is 2. The van der Waals surface area contributed by atoms with Gasteiger partial charge in [0, 0.05) is 35.0 Å². The summed E-state index contributed by atoms with van der Waals surface area (Å²) in [5.41, 5.74) is -1.85. The van der Waals surface area contributed by atoms with E-state index < -0.39 is 45.7 Å². The number of Topliss-reactive ketones (excluding diaryl/α,β-unsaturated/α-hetero) is 1. The van der Waals surface area contributed by atoms with Crippen molar-refractivity contribution in [1.29, 1.82) is 0 Å². The summed E-state index contributed by atoms with van der Waals surface area (Å²) in [5, 5.41) is 22.2. The van der Waals surface area contributed by atoms with Crippen LogP contribution in [-0.2, 0) is 15.8 Å². The van der Waals surface area contributed by atoms with Crippen molar-refractivity contribution >= 4 is 28.8 Å². The largest absolute Gasteiger partial charge is 0.507 e. The molecule has 0 aromatic heterocycles. The van der Waals surface area contributed by atoms with Crippen LogP contribution < -0.4 is 14.4 Å². The molecule has 3 aromatic rings. The first-order valence-corrected chi connectivity index (χ1v) is 10.9. The third kappa shape index (κ3) is 4.63. The van der Waals surface area contributed by atoms with Crippen molar-refractivity contribution in [2.24, 2.45) is 0 Å². The number of benzene rings is 3. The minimum absolute atomic E-state index is 0.0184. The third-order valence-electron chi connectivity index (χ3n) is 5.98. The zero-order chi connectivity index (χ0) is 27.8. The number of amides is 1. The predicted molar refractivity (Wildman–Crippen MR) is 129 cm³/mol. The van der Waals surface area contributed by atoms with Gasteiger partial charge in [-0.1, -0.05) is 6.07 Å². The van der Waals surface area contributed by atoms with Gasteiger partial charge >= 0.3 is 6.18 Å². The van der Waals surface area contributed by atoms with Gasteiger partial charge < -0.3 is 14.6 Å². The first kappa shape index (κ1) is 26.2. The van der Waals surface area contributed by atoms with E-state index in [1.807, 2.05) is 0 Å². The van der Waals surface area contributed by atoms with Gasteiger partial charge in [0.15, 0.2) is 0 Å². The number of carbonyl (C=O) groups is 2. The lowest BCUT2D eigenvalue weighted by Crippen LogP contribution is -2.30. The van der Waals surface area contributed by atoms with Crippen molar-refractivity contribution in [2.75, 3.05) is 19.1 Å². The Morgan fingerprint density at radius 1 is 1.00 bits per heavy atom. The van der Waals surface area contributed by atoms with Crippen LogP contribution in [0.25, 0.3) is 5.76 Å². The minimum atomic E-state index is -4.73. The third-order valence-corrected chi connectivity index (χ3v) is 5.98. The number of anilines is 1. The van der Waals surface area contributed by atoms with E-state index >= 15 is 0 Å². The maximum Gasteiger partial charge on any atom is 0.416 e. The number of aliphatic hydroxyl groups is 1. The summed E-state index contributed by atoms with van der Waals surface area (Å²) in [4.78, 5) is 37.7. The molecule has 196 valence electrons. The van der Waals surface area contributed by atoms with Gasteiger partial charge in [0.05, 0.1) is 36.3 Å². The molecule has 4 rings (SSSR count). The average Bonchev–Trinajstić information content (AvgIpc) is 3.17. The molecule has 0 radical (unpaired) electrons. The molecule has 0 aliphatic carbocycles. The number of nitro groups is 1. The minimum Gasteiger partial charge on any atom is -0.507 e. The number of hydrogen-bond acceptors (Lipinski definition) is 7. The summed E-state index contributed by atoms with van der Waals surface area (Å²) in [7, 11) is 2.71. The van der Waals surface area contributed by atoms with Crippen LogP contribution in [0.5, 0.6) is 11.5 Å². The van der Waals surface area contributed by atoms with Crippen molar-refractivity contribution in [3.63, 3.8) is 0 Å². The lowest BCUT2D eigenvalue weighted by Gasteiger charge is -2.27. The number of nitro benzene ring substituents is 1. The number of halogens is 3. The molecular formula is C26H19F3N2O7. The number of carbonyl (C=O) groups excluding carboxylic acids is 2. The van der Waals surface area contributed by atoms with Crippen LogP contribution in [0, 0.1) is 10.1 Å². The van der Waals surface area contributed by atoms with Crippen LogP contribution in [0.2, 0.25) is 0 Å². The van der Waals surface area contributed by atoms with Crippen molar-refractivity contribution in [1.82, 2.24) is 0 Å². The van der Waals surface area contributed by atoms with Crippen LogP contribution >= 0.6 is 0 Å². The maximum absolute atomic E-state index is 13.5. The fraction of sp³-hybridized carbons (Fsp3) is 0.154. The number of alkyl halides is 3. The van der Waals surface area contributed by atoms with Crippen LogP contribution in [0.15, 0.2) is 72.3 Å². The summed E-state index contributed by atoms with van der Waals surface area (Å²) in [6, 6.07) is 11.4. The van der Waals surface area contributed by atoms with Gasteiger partial charge in [-0.3, -0.25) is 24.6 Å². The second-order valence-electron chi connectivity index (χ2n) is 8.13. The summed E-state index contributed by atoms with van der Waals surface area (Å²) in [6.45, 7) is 0. The van der Waals surface area contributed by atoms with E-state index in [4.69, 9.17) is 9.47 Å². The van der Waals surface area contributed by atoms with Gasteiger partial charge in [-0.2, -0.15) is 13.2 Å². The Balaban J connectivity index is 1.98. The van der Waals surface area contributed by atoms with Crippen molar-refractivity contribution in [3.05, 3.63) is 99.1 Å². The molecule has 38 heavy (non-hydrogen) atoms. The van der Waals surface area contributed by atoms with Crippen LogP contribution in [0.1, 0.15) is 22.7 Å². The molecule has 1 N–H and O–H groups in total. The molecule has 12 heteroatoms. The highest BCUT2D eigenvalue weighted by Gasteiger charge is 2.48. The van der Waals surface area contributed by atoms with E-state index in [1.165, 1.54) is 50.6 Å². The van der Waals surface area contributed by atoms with Crippen LogP contribution in [0.3, 0.4) is 0 Å². The summed E-state index contributed by atoms with van der Waals surface area (Å²) < 4.78 is 51.0. The second kappa shape index (κ2) is 9.88. The second-order valence-corrected chi connectivity index (χ2v) is 8.13. The molecule has 1 heterocycles. The highest BCUT2D eigenvalue weighted by atomic mass is 19.4. The normalized spacial score (nSPS) is 17.0. The lowest BCUT2D eigenvalue weighted by molar-refractivity contribution is -0.384. The number of aliphatic hydroxyl groups excluding tert-OH is 1. The molecule has 3 aromatic carbocycles. The molecule has 1 saturated heterocycles. The van der Waals surface area contributed by atoms with Gasteiger partial charge in [-0.25, -0.2) is 0 Å². The Hall–Kier alpha value is -4.87. The lowest BCUT2D eigenvalue weighted by atomic mass is 9.94. The molecule has 1 aliphatic rings. The molecule has 1 fully saturated rings. The van der Waals surface area contributed by atoms with E-state index in [1.54, 1.807) is 0 Å². The van der Waals surface area contributed by atoms with E-state index in [-0.39, 0.29) is 28.3 Å². The Morgan fingerprint density at radius 2 is 1.68 bits per heavy atom. The maximum atomic E-state index is 13.5. The first-order valence-electron chi connectivity index (χ1n) is 10.9. The summed E-state index contributed by atoms with van der Waals surface area (Å²) in [6.07, 6.45) is -4.73. The number of rotatable bonds is 6. The summed E-state index contributed by atoms with van der Waals surface area (Å²) in [5.74, 6) is -2.53. The highest BCUT2D eigenvalue weighted by molar-refractivity contribution is 6.51. The number of hydrogen-bond donors (Lipinski definition) is 1. The van der Waals surface area contributed by atoms with Gasteiger partial charge in [-0.05, 0) is 42.5 Å². The van der Waals surface area contributed by atoms with Crippen molar-refractivity contribution in [3.8, 4) is 11.5 Å². The topological polar surface area (TPSA) is 119 Å². The standard InChI is InChI=1S/C26H19F3N2O7/c1-37-18-10-11-19(20(13-18)38-2)22-21(23(32)14-6-8-16(9-7-14)31(35)36)24(33)25(34)30(22)17-5-3-4-15(12-17)26(27,28)29/h3-13,22,32H,1-2H3. The molecule has 1 unspecified atom stereocenters. The number of methoxy groups -OCH3 is 2. The smallest absolute Gasteiger partial charge is 0.416 e. The summed E-state index contributed by atoms with van der Waals surface area (Å²) >= 11 is 0. The van der Waals surface area contributed by atoms with Gasteiger partial charge in [0.2, 0.25) is 0 Å². The fourth-order valence-corrected chi connectivity index (χ4v) is 4.17. The van der Waals surface area contributed by atoms with E-state index in [9.17, 15) is 38.0 Å². The van der Waals surface area contributed by atoms with E-state index in [2.05, 4.69) is 0 Å². The molecular weight excluding hydrogens is 509 g/mol. The monoisotopic (exact) mass is 528 g/mol. The predicted octanol–water partition coefficient (Wildman–Crippen LogP) is 5.26. The Kier molecular flexibility index (Phi) is 6.81.